The van der Waals surface area contributed by atoms with Gasteiger partial charge in [0.1, 0.15) is 17.4 Å². The highest BCUT2D eigenvalue weighted by Crippen LogP contribution is 2.23. The molecule has 0 aromatic heterocycles. The minimum atomic E-state index is -0.880. The van der Waals surface area contributed by atoms with E-state index in [9.17, 15) is 18.4 Å². The summed E-state index contributed by atoms with van der Waals surface area (Å²) < 4.78 is 36.8. The van der Waals surface area contributed by atoms with E-state index in [-0.39, 0.29) is 5.56 Å². The van der Waals surface area contributed by atoms with Gasteiger partial charge in [-0.3, -0.25) is 4.79 Å². The number of hydrogen-bond acceptors (Lipinski definition) is 4. The number of ether oxygens (including phenoxy) is 2. The Bertz CT molecular complexity index is 762. The van der Waals surface area contributed by atoms with Crippen molar-refractivity contribution in [2.45, 2.75) is 0 Å². The largest absolute Gasteiger partial charge is 0.497 e. The summed E-state index contributed by atoms with van der Waals surface area (Å²) in [6.45, 7) is -0.705. The Morgan fingerprint density at radius 2 is 1.83 bits per heavy atom. The molecule has 4 nitrogen and oxygen atoms in total. The maximum atomic E-state index is 13.5. The molecule has 0 aliphatic heterocycles. The summed E-state index contributed by atoms with van der Waals surface area (Å²) in [5.41, 5.74) is -0.320. The molecule has 0 bridgehead atoms. The van der Waals surface area contributed by atoms with Gasteiger partial charge in [0.25, 0.3) is 0 Å². The lowest BCUT2D eigenvalue weighted by atomic mass is 10.1. The van der Waals surface area contributed by atoms with Crippen molar-refractivity contribution in [1.29, 1.82) is 0 Å². The van der Waals surface area contributed by atoms with Crippen molar-refractivity contribution in [2.24, 2.45) is 0 Å². The topological polar surface area (TPSA) is 52.6 Å². The van der Waals surface area contributed by atoms with Gasteiger partial charge in [0.05, 0.1) is 18.2 Å². The van der Waals surface area contributed by atoms with E-state index >= 15 is 0 Å². The zero-order valence-corrected chi connectivity index (χ0v) is 13.5. The molecule has 2 rings (SSSR count). The van der Waals surface area contributed by atoms with Gasteiger partial charge in [0.2, 0.25) is 5.78 Å². The first-order valence-corrected chi connectivity index (χ1v) is 7.20. The van der Waals surface area contributed by atoms with Crippen molar-refractivity contribution in [3.63, 3.8) is 0 Å². The third-order valence-corrected chi connectivity index (χ3v) is 3.65. The summed E-state index contributed by atoms with van der Waals surface area (Å²) in [5, 5.41) is 0. The molecule has 7 heteroatoms. The van der Waals surface area contributed by atoms with Gasteiger partial charge < -0.3 is 9.47 Å². The fourth-order valence-corrected chi connectivity index (χ4v) is 2.19. The highest BCUT2D eigenvalue weighted by Gasteiger charge is 2.18. The molecule has 0 atom stereocenters. The Hall–Kier alpha value is -2.28. The summed E-state index contributed by atoms with van der Waals surface area (Å²) in [5.74, 6) is -2.83. The minimum absolute atomic E-state index is 0.150. The molecule has 0 amide bonds. The van der Waals surface area contributed by atoms with E-state index in [4.69, 9.17) is 9.47 Å². The normalized spacial score (nSPS) is 10.3. The predicted octanol–water partition coefficient (Wildman–Crippen LogP) is 3.78. The van der Waals surface area contributed by atoms with E-state index < -0.39 is 35.6 Å². The van der Waals surface area contributed by atoms with Gasteiger partial charge in [-0.2, -0.15) is 0 Å². The van der Waals surface area contributed by atoms with Crippen molar-refractivity contribution >= 4 is 27.7 Å². The second kappa shape index (κ2) is 7.32. The van der Waals surface area contributed by atoms with Gasteiger partial charge in [-0.05, 0) is 52.3 Å². The number of methoxy groups -OCH3 is 1. The number of carbonyl (C=O) groups excluding carboxylic acids is 2. The number of rotatable bonds is 5. The molecular weight excluding hydrogens is 374 g/mol. The van der Waals surface area contributed by atoms with E-state index in [1.165, 1.54) is 13.2 Å². The zero-order valence-electron chi connectivity index (χ0n) is 11.9. The van der Waals surface area contributed by atoms with Crippen molar-refractivity contribution in [2.75, 3.05) is 13.7 Å². The van der Waals surface area contributed by atoms with E-state index in [1.807, 2.05) is 0 Å². The van der Waals surface area contributed by atoms with E-state index in [0.29, 0.717) is 10.2 Å². The van der Waals surface area contributed by atoms with Crippen LogP contribution in [0.25, 0.3) is 0 Å². The highest BCUT2D eigenvalue weighted by atomic mass is 79.9. The quantitative estimate of drug-likeness (QED) is 0.581. The van der Waals surface area contributed by atoms with Gasteiger partial charge in [-0.15, -0.1) is 0 Å². The van der Waals surface area contributed by atoms with Gasteiger partial charge >= 0.3 is 5.97 Å². The SMILES string of the molecule is COc1ccc(Br)c(C(=O)OCC(=O)c2cc(F)ccc2F)c1. The molecule has 0 saturated heterocycles. The summed E-state index contributed by atoms with van der Waals surface area (Å²) in [7, 11) is 1.44. The smallest absolute Gasteiger partial charge is 0.339 e. The van der Waals surface area contributed by atoms with Crippen molar-refractivity contribution in [1.82, 2.24) is 0 Å². The lowest BCUT2D eigenvalue weighted by molar-refractivity contribution is 0.0472. The van der Waals surface area contributed by atoms with Gasteiger partial charge in [-0.1, -0.05) is 0 Å². The molecule has 0 fully saturated rings. The number of ketones is 1. The Morgan fingerprint density at radius 3 is 2.52 bits per heavy atom. The first-order chi connectivity index (χ1) is 10.9. The Morgan fingerprint density at radius 1 is 1.09 bits per heavy atom. The van der Waals surface area contributed by atoms with Crippen LogP contribution in [-0.2, 0) is 4.74 Å². The molecule has 23 heavy (non-hydrogen) atoms. The first-order valence-electron chi connectivity index (χ1n) is 6.41. The van der Waals surface area contributed by atoms with Crippen LogP contribution < -0.4 is 4.74 Å². The Kier molecular flexibility index (Phi) is 5.44. The van der Waals surface area contributed by atoms with Crippen molar-refractivity contribution < 1.29 is 27.8 Å². The van der Waals surface area contributed by atoms with E-state index in [1.54, 1.807) is 12.1 Å². The molecule has 0 unspecified atom stereocenters. The number of carbonyl (C=O) groups is 2. The Balaban J connectivity index is 2.10. The molecule has 0 radical (unpaired) electrons. The van der Waals surface area contributed by atoms with Crippen LogP contribution >= 0.6 is 15.9 Å². The summed E-state index contributed by atoms with van der Waals surface area (Å²) in [6, 6.07) is 7.14. The van der Waals surface area contributed by atoms with Crippen molar-refractivity contribution in [3.05, 3.63) is 63.6 Å². The minimum Gasteiger partial charge on any atom is -0.497 e. The van der Waals surface area contributed by atoms with E-state index in [0.717, 1.165) is 18.2 Å². The highest BCUT2D eigenvalue weighted by molar-refractivity contribution is 9.10. The third-order valence-electron chi connectivity index (χ3n) is 2.96. The average molecular weight is 385 g/mol. The molecule has 0 aliphatic rings. The van der Waals surface area contributed by atoms with Crippen LogP contribution in [-0.4, -0.2) is 25.5 Å². The number of hydrogen-bond donors (Lipinski definition) is 0. The fraction of sp³-hybridized carbons (Fsp3) is 0.125. The van der Waals surface area contributed by atoms with Crippen LogP contribution in [0.3, 0.4) is 0 Å². The second-order valence-corrected chi connectivity index (χ2v) is 5.32. The van der Waals surface area contributed by atoms with Crippen molar-refractivity contribution in [3.8, 4) is 5.75 Å². The van der Waals surface area contributed by atoms with Crippen LogP contribution in [0.4, 0.5) is 8.78 Å². The van der Waals surface area contributed by atoms with Crippen LogP contribution in [0.5, 0.6) is 5.75 Å². The lowest BCUT2D eigenvalue weighted by Crippen LogP contribution is -2.16. The summed E-state index contributed by atoms with van der Waals surface area (Å²) in [4.78, 5) is 23.8. The Labute approximate surface area is 139 Å². The van der Waals surface area contributed by atoms with Gasteiger partial charge in [0, 0.05) is 4.47 Å². The van der Waals surface area contributed by atoms with Gasteiger partial charge in [0.15, 0.2) is 6.61 Å². The molecule has 0 spiro atoms. The second-order valence-electron chi connectivity index (χ2n) is 4.47. The maximum Gasteiger partial charge on any atom is 0.339 e. The molecule has 120 valence electrons. The molecule has 0 heterocycles. The van der Waals surface area contributed by atoms with Crippen LogP contribution in [0.2, 0.25) is 0 Å². The number of halogens is 3. The van der Waals surface area contributed by atoms with Gasteiger partial charge in [-0.25, -0.2) is 13.6 Å². The summed E-state index contributed by atoms with van der Waals surface area (Å²) in [6.07, 6.45) is 0. The first kappa shape index (κ1) is 17.1. The number of benzene rings is 2. The third kappa shape index (κ3) is 4.13. The van der Waals surface area contributed by atoms with Crippen LogP contribution in [0, 0.1) is 11.6 Å². The fourth-order valence-electron chi connectivity index (χ4n) is 1.79. The van der Waals surface area contributed by atoms with E-state index in [2.05, 4.69) is 15.9 Å². The maximum absolute atomic E-state index is 13.5. The molecular formula is C16H11BrF2O4. The predicted molar refractivity (Wildman–Crippen MR) is 81.7 cm³/mol. The van der Waals surface area contributed by atoms with Crippen LogP contribution in [0.15, 0.2) is 40.9 Å². The molecule has 0 saturated carbocycles. The van der Waals surface area contributed by atoms with Crippen LogP contribution in [0.1, 0.15) is 20.7 Å². The lowest BCUT2D eigenvalue weighted by Gasteiger charge is -2.08. The monoisotopic (exact) mass is 384 g/mol. The molecule has 2 aromatic carbocycles. The zero-order chi connectivity index (χ0) is 17.0. The average Bonchev–Trinajstić information content (AvgIpc) is 2.55. The number of esters is 1. The summed E-state index contributed by atoms with van der Waals surface area (Å²) >= 11 is 3.18. The molecule has 0 aliphatic carbocycles. The standard InChI is InChI=1S/C16H11BrF2O4/c1-22-10-3-4-13(17)11(7-10)16(21)23-8-15(20)12-6-9(18)2-5-14(12)19/h2-7H,8H2,1H3. The number of Topliss-reactive ketones (excluding diaryl/α,β-unsaturated/α-hetero) is 1. The molecule has 2 aromatic rings. The molecule has 0 N–H and O–H groups in total.